The number of quaternary nitrogens is 2. The largest absolute Gasteiger partial charge is 0.309 e. The quantitative estimate of drug-likeness (QED) is 0.562. The summed E-state index contributed by atoms with van der Waals surface area (Å²) in [6.07, 6.45) is 3.26. The highest BCUT2D eigenvalue weighted by atomic mass is 15.5. The van der Waals surface area contributed by atoms with Gasteiger partial charge in [-0.3, -0.25) is 0 Å². The Balaban J connectivity index is 1.66. The van der Waals surface area contributed by atoms with Crippen molar-refractivity contribution < 1.29 is 8.97 Å². The molecule has 0 amide bonds. The van der Waals surface area contributed by atoms with E-state index in [1.807, 2.05) is 0 Å². The molecule has 4 rings (SSSR count). The van der Waals surface area contributed by atoms with Gasteiger partial charge in [-0.25, -0.2) is 0 Å². The van der Waals surface area contributed by atoms with E-state index in [0.29, 0.717) is 0 Å². The minimum atomic E-state index is 1.18. The molecule has 0 spiro atoms. The van der Waals surface area contributed by atoms with Gasteiger partial charge in [0.1, 0.15) is 45.8 Å². The standard InChI is InChI=1S/C17H26N2/c1-2-3-9-18-10-13-19(14-11-18,15-12-18)16-17-7-5-4-6-8-17/h2,4-8H,1,3,9-16H2/q+2. The molecule has 2 heteroatoms. The van der Waals surface area contributed by atoms with E-state index in [1.54, 1.807) is 0 Å². The third-order valence-corrected chi connectivity index (χ3v) is 5.31. The van der Waals surface area contributed by atoms with Crippen LogP contribution in [0.5, 0.6) is 0 Å². The zero-order chi connectivity index (χ0) is 13.2. The van der Waals surface area contributed by atoms with Crippen molar-refractivity contribution in [3.8, 4) is 0 Å². The van der Waals surface area contributed by atoms with Crippen LogP contribution in [-0.4, -0.2) is 54.8 Å². The van der Waals surface area contributed by atoms with E-state index in [9.17, 15) is 0 Å². The van der Waals surface area contributed by atoms with Crippen molar-refractivity contribution in [3.63, 3.8) is 0 Å². The molecule has 3 fully saturated rings. The van der Waals surface area contributed by atoms with Gasteiger partial charge in [0, 0.05) is 12.0 Å². The molecule has 0 N–H and O–H groups in total. The van der Waals surface area contributed by atoms with Crippen LogP contribution in [0.3, 0.4) is 0 Å². The first kappa shape index (κ1) is 12.9. The summed E-state index contributed by atoms with van der Waals surface area (Å²) in [4.78, 5) is 0. The van der Waals surface area contributed by atoms with Crippen LogP contribution >= 0.6 is 0 Å². The Kier molecular flexibility index (Phi) is 3.46. The van der Waals surface area contributed by atoms with Crippen LogP contribution in [0, 0.1) is 0 Å². The van der Waals surface area contributed by atoms with Crippen molar-refractivity contribution in [1.82, 2.24) is 0 Å². The number of piperazine rings is 3. The fourth-order valence-corrected chi connectivity index (χ4v) is 3.85. The summed E-state index contributed by atoms with van der Waals surface area (Å²) in [5.74, 6) is 0. The monoisotopic (exact) mass is 258 g/mol. The summed E-state index contributed by atoms with van der Waals surface area (Å²) < 4.78 is 2.69. The molecule has 1 aromatic rings. The van der Waals surface area contributed by atoms with Crippen LogP contribution in [-0.2, 0) is 6.54 Å². The minimum Gasteiger partial charge on any atom is -0.309 e. The molecule has 0 aromatic heterocycles. The number of fused-ring (bicyclic) bond motifs is 3. The smallest absolute Gasteiger partial charge is 0.129 e. The summed E-state index contributed by atoms with van der Waals surface area (Å²) in [6.45, 7) is 14.7. The van der Waals surface area contributed by atoms with E-state index < -0.39 is 0 Å². The lowest BCUT2D eigenvalue weighted by Crippen LogP contribution is -2.74. The van der Waals surface area contributed by atoms with Crippen LogP contribution in [0.4, 0.5) is 0 Å². The Bertz CT molecular complexity index is 413. The molecule has 0 aliphatic carbocycles. The van der Waals surface area contributed by atoms with E-state index in [0.717, 1.165) is 0 Å². The molecule has 3 aliphatic heterocycles. The zero-order valence-corrected chi connectivity index (χ0v) is 11.9. The summed E-state index contributed by atoms with van der Waals surface area (Å²) >= 11 is 0. The second kappa shape index (κ2) is 5.10. The van der Waals surface area contributed by atoms with Crippen molar-refractivity contribution in [2.24, 2.45) is 0 Å². The first-order valence-electron chi connectivity index (χ1n) is 7.61. The number of benzene rings is 1. The van der Waals surface area contributed by atoms with Crippen molar-refractivity contribution in [1.29, 1.82) is 0 Å². The van der Waals surface area contributed by atoms with E-state index in [2.05, 4.69) is 43.0 Å². The van der Waals surface area contributed by atoms with Gasteiger partial charge in [-0.05, 0) is 0 Å². The van der Waals surface area contributed by atoms with E-state index >= 15 is 0 Å². The Morgan fingerprint density at radius 2 is 1.47 bits per heavy atom. The lowest BCUT2D eigenvalue weighted by molar-refractivity contribution is -1.09. The average Bonchev–Trinajstić information content (AvgIpc) is 2.48. The van der Waals surface area contributed by atoms with Gasteiger partial charge >= 0.3 is 0 Å². The second-order valence-corrected chi connectivity index (χ2v) is 6.47. The van der Waals surface area contributed by atoms with Gasteiger partial charge < -0.3 is 8.97 Å². The predicted molar refractivity (Wildman–Crippen MR) is 79.5 cm³/mol. The maximum atomic E-state index is 3.88. The van der Waals surface area contributed by atoms with Gasteiger partial charge in [-0.15, -0.1) is 6.58 Å². The molecule has 0 unspecified atom stereocenters. The van der Waals surface area contributed by atoms with Gasteiger partial charge in [0.25, 0.3) is 0 Å². The molecule has 102 valence electrons. The number of hydrogen-bond acceptors (Lipinski definition) is 0. The van der Waals surface area contributed by atoms with E-state index in [1.165, 1.54) is 73.3 Å². The van der Waals surface area contributed by atoms with Crippen LogP contribution in [0.15, 0.2) is 43.0 Å². The Morgan fingerprint density at radius 3 is 2.05 bits per heavy atom. The van der Waals surface area contributed by atoms with Crippen molar-refractivity contribution in [2.45, 2.75) is 13.0 Å². The van der Waals surface area contributed by atoms with Crippen molar-refractivity contribution >= 4 is 0 Å². The molecule has 1 aromatic carbocycles. The van der Waals surface area contributed by atoms with Gasteiger partial charge in [-0.2, -0.15) is 0 Å². The summed E-state index contributed by atoms with van der Waals surface area (Å²) in [5, 5.41) is 0. The second-order valence-electron chi connectivity index (χ2n) is 6.47. The fraction of sp³-hybridized carbons (Fsp3) is 0.529. The predicted octanol–water partition coefficient (Wildman–Crippen LogP) is 2.42. The SMILES string of the molecule is C=CCC[N+]12CC[N+](Cc3ccccc3)(CC1)CC2. The first-order valence-corrected chi connectivity index (χ1v) is 7.61. The highest BCUT2D eigenvalue weighted by molar-refractivity contribution is 5.13. The molecule has 19 heavy (non-hydrogen) atoms. The number of nitrogens with zero attached hydrogens (tertiary/aromatic N) is 2. The summed E-state index contributed by atoms with van der Waals surface area (Å²) in [5.41, 5.74) is 1.51. The minimum absolute atomic E-state index is 1.18. The van der Waals surface area contributed by atoms with Crippen LogP contribution in [0.1, 0.15) is 12.0 Å². The van der Waals surface area contributed by atoms with Gasteiger partial charge in [-0.1, -0.05) is 36.4 Å². The average molecular weight is 258 g/mol. The number of hydrogen-bond donors (Lipinski definition) is 0. The topological polar surface area (TPSA) is 0 Å². The van der Waals surface area contributed by atoms with Crippen molar-refractivity contribution in [2.75, 3.05) is 45.8 Å². The molecule has 2 bridgehead atoms. The molecule has 3 saturated heterocycles. The molecule has 0 atom stereocenters. The lowest BCUT2D eigenvalue weighted by atomic mass is 10.0. The lowest BCUT2D eigenvalue weighted by Gasteiger charge is -2.55. The van der Waals surface area contributed by atoms with E-state index in [4.69, 9.17) is 0 Å². The fourth-order valence-electron chi connectivity index (χ4n) is 3.85. The Labute approximate surface area is 117 Å². The van der Waals surface area contributed by atoms with Crippen LogP contribution in [0.2, 0.25) is 0 Å². The first-order chi connectivity index (χ1) is 9.26. The molecule has 3 heterocycles. The summed E-state index contributed by atoms with van der Waals surface area (Å²) in [7, 11) is 0. The van der Waals surface area contributed by atoms with Crippen LogP contribution in [0.25, 0.3) is 0 Å². The maximum Gasteiger partial charge on any atom is 0.129 e. The van der Waals surface area contributed by atoms with Gasteiger partial charge in [0.05, 0.1) is 6.54 Å². The Hall–Kier alpha value is -1.12. The molecule has 2 nitrogen and oxygen atoms in total. The van der Waals surface area contributed by atoms with Gasteiger partial charge in [0.15, 0.2) is 0 Å². The van der Waals surface area contributed by atoms with Gasteiger partial charge in [0.2, 0.25) is 0 Å². The molecule has 0 saturated carbocycles. The van der Waals surface area contributed by atoms with Crippen LogP contribution < -0.4 is 0 Å². The molecule has 3 aliphatic rings. The van der Waals surface area contributed by atoms with E-state index in [-0.39, 0.29) is 0 Å². The highest BCUT2D eigenvalue weighted by Crippen LogP contribution is 2.29. The third kappa shape index (κ3) is 2.60. The Morgan fingerprint density at radius 1 is 0.895 bits per heavy atom. The maximum absolute atomic E-state index is 3.88. The highest BCUT2D eigenvalue weighted by Gasteiger charge is 2.48. The third-order valence-electron chi connectivity index (χ3n) is 5.31. The molecular weight excluding hydrogens is 232 g/mol. The molecule has 0 radical (unpaired) electrons. The number of rotatable bonds is 5. The molecular formula is C17H26N2+2. The summed E-state index contributed by atoms with van der Waals surface area (Å²) in [6, 6.07) is 11.0. The van der Waals surface area contributed by atoms with Crippen molar-refractivity contribution in [3.05, 3.63) is 48.6 Å². The zero-order valence-electron chi connectivity index (χ0n) is 11.9. The normalized spacial score (nSPS) is 33.3.